The molecule has 1 aromatic carbocycles. The smallest absolute Gasteiger partial charge is 0.341 e. The van der Waals surface area contributed by atoms with Crippen LogP contribution in [0.3, 0.4) is 0 Å². The van der Waals surface area contributed by atoms with Crippen LogP contribution in [0.2, 0.25) is 0 Å². The molecule has 0 bridgehead atoms. The van der Waals surface area contributed by atoms with Crippen LogP contribution in [0, 0.1) is 0 Å². The van der Waals surface area contributed by atoms with Crippen LogP contribution in [0.1, 0.15) is 19.4 Å². The second kappa shape index (κ2) is 5.84. The fourth-order valence-electron chi connectivity index (χ4n) is 1.04. The molecule has 0 radical (unpaired) electrons. The Hall–Kier alpha value is -1.79. The highest BCUT2D eigenvalue weighted by atomic mass is 16.5. The van der Waals surface area contributed by atoms with E-state index in [1.165, 1.54) is 0 Å². The van der Waals surface area contributed by atoms with E-state index in [1.54, 1.807) is 19.9 Å². The van der Waals surface area contributed by atoms with Gasteiger partial charge in [-0.1, -0.05) is 30.3 Å². The topological polar surface area (TPSA) is 26.3 Å². The van der Waals surface area contributed by atoms with E-state index in [0.29, 0.717) is 12.2 Å². The summed E-state index contributed by atoms with van der Waals surface area (Å²) in [5.74, 6) is -0.315. The first-order valence-corrected chi connectivity index (χ1v) is 4.89. The van der Waals surface area contributed by atoms with Crippen molar-refractivity contribution in [3.05, 3.63) is 47.2 Å². The van der Waals surface area contributed by atoms with Crippen molar-refractivity contribution in [1.82, 2.24) is 0 Å². The van der Waals surface area contributed by atoms with Crippen LogP contribution in [0.4, 0.5) is 0 Å². The van der Waals surface area contributed by atoms with Gasteiger partial charge in [-0.25, -0.2) is 4.79 Å². The van der Waals surface area contributed by atoms with Crippen LogP contribution in [0.15, 0.2) is 41.6 Å². The lowest BCUT2D eigenvalue weighted by atomic mass is 10.2. The monoisotopic (exact) mass is 202 g/mol. The largest absolute Gasteiger partial charge is 0.462 e. The fourth-order valence-corrected chi connectivity index (χ4v) is 1.04. The zero-order valence-electron chi connectivity index (χ0n) is 8.99. The molecule has 0 saturated carbocycles. The molecule has 78 valence electrons. The summed E-state index contributed by atoms with van der Waals surface area (Å²) >= 11 is 0. The molecule has 0 aromatic heterocycles. The van der Waals surface area contributed by atoms with Crippen LogP contribution in [0.25, 0.3) is 6.08 Å². The van der Waals surface area contributed by atoms with E-state index >= 15 is 0 Å². The molecular weight excluding hydrogens is 188 g/mol. The zero-order valence-corrected chi connectivity index (χ0v) is 8.99. The van der Waals surface area contributed by atoms with Crippen molar-refractivity contribution < 1.29 is 9.53 Å². The molecule has 0 aliphatic carbocycles. The first-order valence-electron chi connectivity index (χ1n) is 4.89. The molecule has 0 aliphatic heterocycles. The van der Waals surface area contributed by atoms with Crippen molar-refractivity contribution in [2.24, 2.45) is 0 Å². The van der Waals surface area contributed by atoms with Gasteiger partial charge in [0.25, 0.3) is 0 Å². The molecule has 0 fully saturated rings. The Morgan fingerprint density at radius 1 is 1.40 bits per heavy atom. The molecule has 2 nitrogen and oxygen atoms in total. The normalized spacial score (nSPS) is 8.93. The highest BCUT2D eigenvalue weighted by Crippen LogP contribution is 2.01. The Kier molecular flexibility index (Phi) is 4.39. The first kappa shape index (κ1) is 11.3. The number of esters is 1. The molecule has 0 saturated heterocycles. The van der Waals surface area contributed by atoms with Gasteiger partial charge >= 0.3 is 5.97 Å². The second-order valence-corrected chi connectivity index (χ2v) is 3.04. The molecule has 0 spiro atoms. The number of hydrogen-bond acceptors (Lipinski definition) is 2. The molecule has 1 rings (SSSR count). The third-order valence-corrected chi connectivity index (χ3v) is 1.84. The molecule has 15 heavy (non-hydrogen) atoms. The molecule has 0 aliphatic rings. The quantitative estimate of drug-likeness (QED) is 0.428. The summed E-state index contributed by atoms with van der Waals surface area (Å²) in [7, 11) is 0. The van der Waals surface area contributed by atoms with E-state index in [-0.39, 0.29) is 5.97 Å². The SMILES string of the molecule is CCOC(=O)C(C)=C=Cc1ccccc1. The van der Waals surface area contributed by atoms with E-state index in [4.69, 9.17) is 4.74 Å². The van der Waals surface area contributed by atoms with Gasteiger partial charge in [-0.2, -0.15) is 0 Å². The number of carbonyl (C=O) groups is 1. The molecule has 1 aromatic rings. The van der Waals surface area contributed by atoms with Gasteiger partial charge in [0.1, 0.15) is 0 Å². The lowest BCUT2D eigenvalue weighted by Gasteiger charge is -1.97. The summed E-state index contributed by atoms with van der Waals surface area (Å²) in [6.45, 7) is 3.87. The average molecular weight is 202 g/mol. The molecule has 0 amide bonds. The number of ether oxygens (including phenoxy) is 1. The van der Waals surface area contributed by atoms with Crippen molar-refractivity contribution >= 4 is 12.0 Å². The Morgan fingerprint density at radius 2 is 2.07 bits per heavy atom. The first-order chi connectivity index (χ1) is 7.24. The van der Waals surface area contributed by atoms with E-state index in [1.807, 2.05) is 30.3 Å². The molecule has 0 atom stereocenters. The summed E-state index contributed by atoms with van der Waals surface area (Å²) in [5.41, 5.74) is 4.40. The average Bonchev–Trinajstić information content (AvgIpc) is 2.27. The maximum absolute atomic E-state index is 11.2. The van der Waals surface area contributed by atoms with Crippen LogP contribution < -0.4 is 0 Å². The standard InChI is InChI=1S/C13H14O2/c1-3-15-13(14)11(2)9-10-12-7-5-4-6-8-12/h4-8,10H,3H2,1-2H3. The lowest BCUT2D eigenvalue weighted by Crippen LogP contribution is -2.03. The maximum atomic E-state index is 11.2. The van der Waals surface area contributed by atoms with E-state index in [0.717, 1.165) is 5.56 Å². The van der Waals surface area contributed by atoms with Gasteiger partial charge in [-0.3, -0.25) is 0 Å². The van der Waals surface area contributed by atoms with E-state index in [2.05, 4.69) is 5.73 Å². The minimum absolute atomic E-state index is 0.315. The zero-order chi connectivity index (χ0) is 11.1. The predicted molar refractivity (Wildman–Crippen MR) is 60.2 cm³/mol. The van der Waals surface area contributed by atoms with Gasteiger partial charge in [0.05, 0.1) is 12.2 Å². The molecule has 0 unspecified atom stereocenters. The third kappa shape index (κ3) is 3.84. The van der Waals surface area contributed by atoms with E-state index in [9.17, 15) is 4.79 Å². The van der Waals surface area contributed by atoms with Gasteiger partial charge in [-0.05, 0) is 25.5 Å². The Labute approximate surface area is 89.9 Å². The molecule has 0 heterocycles. The van der Waals surface area contributed by atoms with Crippen molar-refractivity contribution in [1.29, 1.82) is 0 Å². The molecule has 0 N–H and O–H groups in total. The summed E-state index contributed by atoms with van der Waals surface area (Å²) in [6.07, 6.45) is 1.77. The summed E-state index contributed by atoms with van der Waals surface area (Å²) < 4.78 is 4.83. The Bertz CT molecular complexity index is 384. The van der Waals surface area contributed by atoms with Crippen molar-refractivity contribution in [2.75, 3.05) is 6.61 Å². The maximum Gasteiger partial charge on any atom is 0.341 e. The minimum atomic E-state index is -0.315. The number of hydrogen-bond donors (Lipinski definition) is 0. The van der Waals surface area contributed by atoms with Crippen molar-refractivity contribution in [3.8, 4) is 0 Å². The van der Waals surface area contributed by atoms with Gasteiger partial charge in [0, 0.05) is 0 Å². The number of rotatable bonds is 3. The van der Waals surface area contributed by atoms with Gasteiger partial charge < -0.3 is 4.74 Å². The third-order valence-electron chi connectivity index (χ3n) is 1.84. The van der Waals surface area contributed by atoms with Crippen molar-refractivity contribution in [2.45, 2.75) is 13.8 Å². The molecule has 2 heteroatoms. The Morgan fingerprint density at radius 3 is 2.67 bits per heavy atom. The van der Waals surface area contributed by atoms with Gasteiger partial charge in [0.15, 0.2) is 0 Å². The predicted octanol–water partition coefficient (Wildman–Crippen LogP) is 2.81. The van der Waals surface area contributed by atoms with E-state index < -0.39 is 0 Å². The lowest BCUT2D eigenvalue weighted by molar-refractivity contribution is -0.138. The van der Waals surface area contributed by atoms with Crippen LogP contribution >= 0.6 is 0 Å². The van der Waals surface area contributed by atoms with Crippen LogP contribution in [-0.2, 0) is 9.53 Å². The van der Waals surface area contributed by atoms with Crippen molar-refractivity contribution in [3.63, 3.8) is 0 Å². The fraction of sp³-hybridized carbons (Fsp3) is 0.231. The summed E-state index contributed by atoms with van der Waals surface area (Å²) in [5, 5.41) is 0. The summed E-state index contributed by atoms with van der Waals surface area (Å²) in [4.78, 5) is 11.2. The number of carbonyl (C=O) groups excluding carboxylic acids is 1. The van der Waals surface area contributed by atoms with Crippen LogP contribution in [0.5, 0.6) is 0 Å². The Balaban J connectivity index is 2.78. The van der Waals surface area contributed by atoms with Gasteiger partial charge in [0.2, 0.25) is 0 Å². The van der Waals surface area contributed by atoms with Gasteiger partial charge in [-0.15, -0.1) is 5.73 Å². The van der Waals surface area contributed by atoms with Crippen LogP contribution in [-0.4, -0.2) is 12.6 Å². The number of benzene rings is 1. The molecular formula is C13H14O2. The minimum Gasteiger partial charge on any atom is -0.462 e. The highest BCUT2D eigenvalue weighted by Gasteiger charge is 2.01. The second-order valence-electron chi connectivity index (χ2n) is 3.04. The summed E-state index contributed by atoms with van der Waals surface area (Å²) in [6, 6.07) is 9.72. The highest BCUT2D eigenvalue weighted by molar-refractivity contribution is 5.88.